The number of ether oxygens (including phenoxy) is 1. The number of carbonyl (C=O) groups excluding carboxylic acids is 1. The second-order valence-corrected chi connectivity index (χ2v) is 12.3. The molecule has 1 aromatic carbocycles. The number of rotatable bonds is 7. The Morgan fingerprint density at radius 1 is 1.19 bits per heavy atom. The molecule has 4 heterocycles. The number of amides is 1. The SMILES string of the molecule is C=C(F)C(=O)N1CCN(c2nc(O/C=C/C3CCCN3C)nc3c2CCN(c2c(C)ccc(N)c2C=N)CC3)C2(CC2)C1. The molecule has 1 saturated carbocycles. The molecule has 10 nitrogen and oxygen atoms in total. The highest BCUT2D eigenvalue weighted by Crippen LogP contribution is 2.48. The number of fused-ring (bicyclic) bond motifs is 1. The number of piperazine rings is 1. The van der Waals surface area contributed by atoms with Crippen LogP contribution >= 0.6 is 0 Å². The average Bonchev–Trinajstić information content (AvgIpc) is 3.69. The monoisotopic (exact) mass is 588 g/mol. The number of hydrogen-bond acceptors (Lipinski definition) is 9. The van der Waals surface area contributed by atoms with E-state index >= 15 is 0 Å². The number of nitrogen functional groups attached to an aromatic ring is 1. The van der Waals surface area contributed by atoms with E-state index in [0.29, 0.717) is 56.8 Å². The Kier molecular flexibility index (Phi) is 7.85. The zero-order valence-electron chi connectivity index (χ0n) is 25.1. The maximum atomic E-state index is 13.8. The number of nitrogens with two attached hydrogens (primary N) is 1. The molecule has 1 amide bonds. The smallest absolute Gasteiger partial charge is 0.323 e. The summed E-state index contributed by atoms with van der Waals surface area (Å²) in [4.78, 5) is 30.9. The Bertz CT molecular complexity index is 1470. The minimum atomic E-state index is -0.920. The molecular weight excluding hydrogens is 547 g/mol. The quantitative estimate of drug-likeness (QED) is 0.218. The molecule has 6 rings (SSSR count). The van der Waals surface area contributed by atoms with Crippen LogP contribution in [0, 0.1) is 12.3 Å². The van der Waals surface area contributed by atoms with Crippen molar-refractivity contribution >= 4 is 29.3 Å². The van der Waals surface area contributed by atoms with Crippen molar-refractivity contribution in [2.75, 3.05) is 61.8 Å². The lowest BCUT2D eigenvalue weighted by molar-refractivity contribution is -0.129. The van der Waals surface area contributed by atoms with E-state index in [4.69, 9.17) is 25.8 Å². The molecule has 1 spiro atoms. The van der Waals surface area contributed by atoms with Gasteiger partial charge in [0.05, 0.1) is 23.2 Å². The van der Waals surface area contributed by atoms with Gasteiger partial charge in [-0.3, -0.25) is 9.69 Å². The van der Waals surface area contributed by atoms with Crippen LogP contribution in [0.1, 0.15) is 48.1 Å². The number of anilines is 3. The highest BCUT2D eigenvalue weighted by Gasteiger charge is 2.53. The Morgan fingerprint density at radius 2 is 1.98 bits per heavy atom. The van der Waals surface area contributed by atoms with E-state index in [9.17, 15) is 9.18 Å². The van der Waals surface area contributed by atoms with E-state index in [1.165, 1.54) is 12.6 Å². The minimum Gasteiger partial charge on any atom is -0.432 e. The molecule has 0 bridgehead atoms. The Labute approximate surface area is 252 Å². The van der Waals surface area contributed by atoms with E-state index in [0.717, 1.165) is 66.2 Å². The molecule has 1 atom stereocenters. The van der Waals surface area contributed by atoms with Crippen molar-refractivity contribution in [1.82, 2.24) is 19.8 Å². The van der Waals surface area contributed by atoms with Crippen molar-refractivity contribution in [2.24, 2.45) is 0 Å². The third kappa shape index (κ3) is 5.58. The van der Waals surface area contributed by atoms with Crippen LogP contribution in [0.4, 0.5) is 21.6 Å². The van der Waals surface area contributed by atoms with Gasteiger partial charge in [0.25, 0.3) is 5.91 Å². The molecule has 1 unspecified atom stereocenters. The fraction of sp³-hybridized carbons (Fsp3) is 0.500. The molecule has 1 aromatic heterocycles. The van der Waals surface area contributed by atoms with Crippen molar-refractivity contribution in [3.05, 3.63) is 59.3 Å². The van der Waals surface area contributed by atoms with Crippen LogP contribution in [-0.2, 0) is 17.6 Å². The summed E-state index contributed by atoms with van der Waals surface area (Å²) in [5.74, 6) is -0.709. The summed E-state index contributed by atoms with van der Waals surface area (Å²) in [6.45, 7) is 9.16. The van der Waals surface area contributed by atoms with Crippen LogP contribution in [0.3, 0.4) is 0 Å². The number of likely N-dealkylation sites (N-methyl/N-ethyl adjacent to an activating group) is 1. The summed E-state index contributed by atoms with van der Waals surface area (Å²) in [5, 5.41) is 8.04. The number of nitrogens with zero attached hydrogens (tertiary/aromatic N) is 6. The minimum absolute atomic E-state index is 0.283. The van der Waals surface area contributed by atoms with E-state index in [2.05, 4.69) is 41.3 Å². The van der Waals surface area contributed by atoms with Gasteiger partial charge in [-0.15, -0.1) is 0 Å². The van der Waals surface area contributed by atoms with Gasteiger partial charge in [-0.2, -0.15) is 9.97 Å². The summed E-state index contributed by atoms with van der Waals surface area (Å²) in [7, 11) is 2.12. The predicted octanol–water partition coefficient (Wildman–Crippen LogP) is 3.62. The van der Waals surface area contributed by atoms with Crippen molar-refractivity contribution in [3.8, 4) is 6.01 Å². The molecule has 1 aliphatic carbocycles. The Morgan fingerprint density at radius 3 is 2.67 bits per heavy atom. The number of aryl methyl sites for hydroxylation is 1. The summed E-state index contributed by atoms with van der Waals surface area (Å²) in [6.07, 6.45) is 10.6. The lowest BCUT2D eigenvalue weighted by atomic mass is 10.0. The molecule has 3 aliphatic heterocycles. The second-order valence-electron chi connectivity index (χ2n) is 12.3. The van der Waals surface area contributed by atoms with Crippen LogP contribution < -0.4 is 20.3 Å². The van der Waals surface area contributed by atoms with Crippen molar-refractivity contribution in [2.45, 2.75) is 57.0 Å². The van der Waals surface area contributed by atoms with Gasteiger partial charge in [0.1, 0.15) is 5.82 Å². The number of carbonyl (C=O) groups is 1. The third-order valence-corrected chi connectivity index (χ3v) is 9.52. The first-order valence-corrected chi connectivity index (χ1v) is 15.2. The van der Waals surface area contributed by atoms with E-state index in [1.54, 1.807) is 11.2 Å². The number of nitrogens with one attached hydrogen (secondary N) is 1. The lowest BCUT2D eigenvalue weighted by Gasteiger charge is -2.43. The van der Waals surface area contributed by atoms with E-state index < -0.39 is 11.7 Å². The number of aromatic nitrogens is 2. The molecule has 2 saturated heterocycles. The third-order valence-electron chi connectivity index (χ3n) is 9.52. The van der Waals surface area contributed by atoms with Gasteiger partial charge in [0, 0.05) is 68.2 Å². The molecule has 228 valence electrons. The van der Waals surface area contributed by atoms with E-state index in [1.807, 2.05) is 12.1 Å². The van der Waals surface area contributed by atoms with Gasteiger partial charge < -0.3 is 30.6 Å². The molecule has 4 aliphatic rings. The highest BCUT2D eigenvalue weighted by atomic mass is 19.1. The first-order chi connectivity index (χ1) is 20.7. The van der Waals surface area contributed by atoms with Gasteiger partial charge in [0.15, 0.2) is 5.83 Å². The number of hydrogen-bond donors (Lipinski definition) is 2. The van der Waals surface area contributed by atoms with Crippen molar-refractivity contribution in [1.29, 1.82) is 5.41 Å². The van der Waals surface area contributed by atoms with Gasteiger partial charge in [0.2, 0.25) is 0 Å². The maximum absolute atomic E-state index is 13.8. The fourth-order valence-electron chi connectivity index (χ4n) is 6.96. The molecule has 11 heteroatoms. The predicted molar refractivity (Wildman–Crippen MR) is 167 cm³/mol. The maximum Gasteiger partial charge on any atom is 0.323 e. The zero-order valence-corrected chi connectivity index (χ0v) is 25.1. The average molecular weight is 589 g/mol. The van der Waals surface area contributed by atoms with Crippen LogP contribution in [0.2, 0.25) is 0 Å². The number of halogens is 1. The summed E-state index contributed by atoms with van der Waals surface area (Å²) in [5.41, 5.74) is 11.4. The molecule has 3 fully saturated rings. The molecule has 3 N–H and O–H groups in total. The van der Waals surface area contributed by atoms with Crippen molar-refractivity contribution in [3.63, 3.8) is 0 Å². The molecule has 43 heavy (non-hydrogen) atoms. The molecular formula is C32H41FN8O2. The lowest BCUT2D eigenvalue weighted by Crippen LogP contribution is -2.57. The second kappa shape index (κ2) is 11.6. The molecule has 0 radical (unpaired) electrons. The summed E-state index contributed by atoms with van der Waals surface area (Å²) in [6, 6.07) is 4.51. The van der Waals surface area contributed by atoms with Crippen LogP contribution in [0.5, 0.6) is 6.01 Å². The first-order valence-electron chi connectivity index (χ1n) is 15.2. The Hall–Kier alpha value is -3.99. The highest BCUT2D eigenvalue weighted by molar-refractivity contribution is 5.94. The van der Waals surface area contributed by atoms with Gasteiger partial charge in [-0.1, -0.05) is 12.6 Å². The number of benzene rings is 1. The van der Waals surface area contributed by atoms with Gasteiger partial charge in [-0.05, 0) is 70.3 Å². The Balaban J connectivity index is 1.33. The zero-order chi connectivity index (χ0) is 30.3. The number of likely N-dealkylation sites (tertiary alicyclic amines) is 1. The van der Waals surface area contributed by atoms with Crippen LogP contribution in [0.15, 0.2) is 36.9 Å². The van der Waals surface area contributed by atoms with Gasteiger partial charge >= 0.3 is 6.01 Å². The molecule has 2 aromatic rings. The topological polar surface area (TPSA) is 115 Å². The largest absolute Gasteiger partial charge is 0.432 e. The van der Waals surface area contributed by atoms with E-state index in [-0.39, 0.29) is 5.54 Å². The van der Waals surface area contributed by atoms with Gasteiger partial charge in [-0.25, -0.2) is 4.39 Å². The van der Waals surface area contributed by atoms with Crippen LogP contribution in [-0.4, -0.2) is 89.8 Å². The summed E-state index contributed by atoms with van der Waals surface area (Å²) >= 11 is 0. The van der Waals surface area contributed by atoms with Crippen LogP contribution in [0.25, 0.3) is 0 Å². The normalized spacial score (nSPS) is 21.7. The standard InChI is InChI=1S/C32H41FN8O2/c1-21-6-7-26(35)25(19-34)28(21)39-14-8-24-27(9-15-39)36-31(43-18-10-23-5-4-13-38(23)3)37-29(24)41-17-16-40(30(42)22(2)33)20-32(41)11-12-32/h6-7,10,18-19,23,34H,2,4-5,8-9,11-17,20,35H2,1,3H3/b18-10+,34-19?. The van der Waals surface area contributed by atoms with Crippen molar-refractivity contribution < 1.29 is 13.9 Å². The summed E-state index contributed by atoms with van der Waals surface area (Å²) < 4.78 is 19.8. The first kappa shape index (κ1) is 29.1. The fourth-order valence-corrected chi connectivity index (χ4v) is 6.96.